The molecule has 27 heavy (non-hydrogen) atoms. The van der Waals surface area contributed by atoms with Crippen LogP contribution in [-0.4, -0.2) is 87.3 Å². The summed E-state index contributed by atoms with van der Waals surface area (Å²) in [6.45, 7) is 7.81. The molecule has 1 amide bonds. The van der Waals surface area contributed by atoms with Gasteiger partial charge < -0.3 is 19.9 Å². The van der Waals surface area contributed by atoms with Gasteiger partial charge in [0.2, 0.25) is 5.91 Å². The molecule has 0 radical (unpaired) electrons. The lowest BCUT2D eigenvalue weighted by atomic mass is 9.96. The van der Waals surface area contributed by atoms with Gasteiger partial charge in [0.25, 0.3) is 0 Å². The molecular weight excluding hydrogens is 342 g/mol. The van der Waals surface area contributed by atoms with Crippen molar-refractivity contribution in [2.24, 2.45) is 5.92 Å². The number of nitrogens with one attached hydrogen (secondary N) is 1. The van der Waals surface area contributed by atoms with Crippen LogP contribution in [0, 0.1) is 5.92 Å². The fourth-order valence-corrected chi connectivity index (χ4v) is 3.88. The molecule has 2 saturated heterocycles. The van der Waals surface area contributed by atoms with Gasteiger partial charge in [-0.15, -0.1) is 0 Å². The quantitative estimate of drug-likeness (QED) is 0.761. The molecule has 1 aromatic heterocycles. The first-order valence-electron chi connectivity index (χ1n) is 10.0. The van der Waals surface area contributed by atoms with E-state index in [1.54, 1.807) is 7.11 Å². The Morgan fingerprint density at radius 3 is 2.85 bits per heavy atom. The standard InChI is InChI=1S/C20H33N5O2/c1-23(12-13-27-2)19-6-5-17(14-22-19)15-24-9-3-4-18(16-24)20(26)25-10-7-21-8-11-25/h5-6,14,18,21H,3-4,7-13,15-16H2,1-2H3. The molecule has 0 aromatic carbocycles. The van der Waals surface area contributed by atoms with Gasteiger partial charge >= 0.3 is 0 Å². The van der Waals surface area contributed by atoms with E-state index in [1.807, 2.05) is 18.1 Å². The van der Waals surface area contributed by atoms with Crippen LogP contribution in [0.1, 0.15) is 18.4 Å². The van der Waals surface area contributed by atoms with E-state index < -0.39 is 0 Å². The predicted molar refractivity (Wildman–Crippen MR) is 107 cm³/mol. The summed E-state index contributed by atoms with van der Waals surface area (Å²) in [6, 6.07) is 4.21. The van der Waals surface area contributed by atoms with Crippen LogP contribution in [0.25, 0.3) is 0 Å². The summed E-state index contributed by atoms with van der Waals surface area (Å²) in [5.41, 5.74) is 1.20. The number of rotatable bonds is 7. The Hall–Kier alpha value is -1.70. The van der Waals surface area contributed by atoms with Crippen LogP contribution in [0.2, 0.25) is 0 Å². The van der Waals surface area contributed by atoms with Crippen LogP contribution in [0.5, 0.6) is 0 Å². The van der Waals surface area contributed by atoms with Crippen LogP contribution < -0.4 is 10.2 Å². The molecule has 3 rings (SSSR count). The average Bonchev–Trinajstić information content (AvgIpc) is 2.73. The third-order valence-electron chi connectivity index (χ3n) is 5.52. The molecule has 2 aliphatic heterocycles. The van der Waals surface area contributed by atoms with Crippen molar-refractivity contribution in [2.75, 3.05) is 71.5 Å². The smallest absolute Gasteiger partial charge is 0.227 e. The second-order valence-electron chi connectivity index (χ2n) is 7.59. The van der Waals surface area contributed by atoms with E-state index in [0.717, 1.165) is 71.0 Å². The molecule has 2 fully saturated rings. The van der Waals surface area contributed by atoms with E-state index in [9.17, 15) is 4.79 Å². The largest absolute Gasteiger partial charge is 0.383 e. The molecule has 0 bridgehead atoms. The average molecular weight is 376 g/mol. The summed E-state index contributed by atoms with van der Waals surface area (Å²) in [5.74, 6) is 1.44. The first kappa shape index (κ1) is 20.0. The third-order valence-corrected chi connectivity index (χ3v) is 5.52. The Morgan fingerprint density at radius 1 is 1.33 bits per heavy atom. The zero-order valence-corrected chi connectivity index (χ0v) is 16.7. The second kappa shape index (κ2) is 10.0. The number of aromatic nitrogens is 1. The number of pyridine rings is 1. The number of likely N-dealkylation sites (tertiary alicyclic amines) is 1. The Kier molecular flexibility index (Phi) is 7.43. The van der Waals surface area contributed by atoms with Gasteiger partial charge in [-0.05, 0) is 31.0 Å². The van der Waals surface area contributed by atoms with Crippen LogP contribution in [0.4, 0.5) is 5.82 Å². The van der Waals surface area contributed by atoms with Crippen LogP contribution in [-0.2, 0) is 16.1 Å². The maximum absolute atomic E-state index is 12.8. The van der Waals surface area contributed by atoms with Crippen LogP contribution in [0.15, 0.2) is 18.3 Å². The Morgan fingerprint density at radius 2 is 2.15 bits per heavy atom. The van der Waals surface area contributed by atoms with Crippen molar-refractivity contribution in [2.45, 2.75) is 19.4 Å². The summed E-state index contributed by atoms with van der Waals surface area (Å²) in [4.78, 5) is 23.9. The highest BCUT2D eigenvalue weighted by molar-refractivity contribution is 5.79. The van der Waals surface area contributed by atoms with Gasteiger partial charge in [-0.1, -0.05) is 6.07 Å². The monoisotopic (exact) mass is 375 g/mol. The van der Waals surface area contributed by atoms with Crippen LogP contribution >= 0.6 is 0 Å². The fourth-order valence-electron chi connectivity index (χ4n) is 3.88. The predicted octanol–water partition coefficient (Wildman–Crippen LogP) is 0.808. The lowest BCUT2D eigenvalue weighted by Crippen LogP contribution is -2.51. The number of piperidine rings is 1. The van der Waals surface area contributed by atoms with E-state index in [-0.39, 0.29) is 5.92 Å². The normalized spacial score (nSPS) is 21.3. The number of amides is 1. The zero-order chi connectivity index (χ0) is 19.1. The second-order valence-corrected chi connectivity index (χ2v) is 7.59. The minimum absolute atomic E-state index is 0.143. The highest BCUT2D eigenvalue weighted by Crippen LogP contribution is 2.21. The van der Waals surface area contributed by atoms with Crippen molar-refractivity contribution < 1.29 is 9.53 Å². The topological polar surface area (TPSA) is 60.9 Å². The highest BCUT2D eigenvalue weighted by atomic mass is 16.5. The highest BCUT2D eigenvalue weighted by Gasteiger charge is 2.29. The number of methoxy groups -OCH3 is 1. The molecule has 0 spiro atoms. The zero-order valence-electron chi connectivity index (χ0n) is 16.7. The molecule has 0 saturated carbocycles. The number of nitrogens with zero attached hydrogens (tertiary/aromatic N) is 4. The Balaban J connectivity index is 1.52. The number of ether oxygens (including phenoxy) is 1. The van der Waals surface area contributed by atoms with Crippen molar-refractivity contribution in [3.8, 4) is 0 Å². The van der Waals surface area contributed by atoms with Gasteiger partial charge in [0.05, 0.1) is 12.5 Å². The minimum Gasteiger partial charge on any atom is -0.383 e. The first-order valence-corrected chi connectivity index (χ1v) is 10.0. The van der Waals surface area contributed by atoms with Crippen molar-refractivity contribution in [3.05, 3.63) is 23.9 Å². The van der Waals surface area contributed by atoms with Gasteiger partial charge in [-0.2, -0.15) is 0 Å². The van der Waals surface area contributed by atoms with Gasteiger partial charge in [0.1, 0.15) is 5.82 Å². The van der Waals surface area contributed by atoms with Gasteiger partial charge in [-0.25, -0.2) is 4.98 Å². The molecule has 1 N–H and O–H groups in total. The number of carbonyl (C=O) groups excluding carboxylic acids is 1. The number of piperazine rings is 1. The molecule has 7 heteroatoms. The third kappa shape index (κ3) is 5.64. The number of anilines is 1. The van der Waals surface area contributed by atoms with E-state index >= 15 is 0 Å². The van der Waals surface area contributed by atoms with Crippen molar-refractivity contribution >= 4 is 11.7 Å². The minimum atomic E-state index is 0.143. The molecular formula is C20H33N5O2. The molecule has 1 atom stereocenters. The van der Waals surface area contributed by atoms with Gasteiger partial charge in [0.15, 0.2) is 0 Å². The Labute approximate surface area is 162 Å². The maximum atomic E-state index is 12.8. The molecule has 2 aliphatic rings. The summed E-state index contributed by atoms with van der Waals surface area (Å²) in [7, 11) is 3.74. The molecule has 150 valence electrons. The fraction of sp³-hybridized carbons (Fsp3) is 0.700. The molecule has 1 unspecified atom stereocenters. The van der Waals surface area contributed by atoms with E-state index in [0.29, 0.717) is 12.5 Å². The SMILES string of the molecule is COCCN(C)c1ccc(CN2CCCC(C(=O)N3CCNCC3)C2)cn1. The molecule has 7 nitrogen and oxygen atoms in total. The molecule has 1 aromatic rings. The number of hydrogen-bond donors (Lipinski definition) is 1. The van der Waals surface area contributed by atoms with Crippen molar-refractivity contribution in [1.29, 1.82) is 0 Å². The van der Waals surface area contributed by atoms with E-state index in [1.165, 1.54) is 5.56 Å². The maximum Gasteiger partial charge on any atom is 0.227 e. The molecule has 0 aliphatic carbocycles. The number of carbonyl (C=O) groups is 1. The summed E-state index contributed by atoms with van der Waals surface area (Å²) in [6.07, 6.45) is 4.06. The number of hydrogen-bond acceptors (Lipinski definition) is 6. The number of likely N-dealkylation sites (N-methyl/N-ethyl adjacent to an activating group) is 1. The summed E-state index contributed by atoms with van der Waals surface area (Å²) in [5, 5.41) is 3.32. The molecule has 3 heterocycles. The van der Waals surface area contributed by atoms with Crippen molar-refractivity contribution in [1.82, 2.24) is 20.1 Å². The van der Waals surface area contributed by atoms with E-state index in [2.05, 4.69) is 32.2 Å². The van der Waals surface area contributed by atoms with E-state index in [4.69, 9.17) is 4.74 Å². The van der Waals surface area contributed by atoms with Crippen molar-refractivity contribution in [3.63, 3.8) is 0 Å². The lowest BCUT2D eigenvalue weighted by Gasteiger charge is -2.36. The Bertz CT molecular complexity index is 589. The first-order chi connectivity index (χ1) is 13.2. The summed E-state index contributed by atoms with van der Waals surface area (Å²) < 4.78 is 5.12. The van der Waals surface area contributed by atoms with Crippen LogP contribution in [0.3, 0.4) is 0 Å². The lowest BCUT2D eigenvalue weighted by molar-refractivity contribution is -0.138. The summed E-state index contributed by atoms with van der Waals surface area (Å²) >= 11 is 0. The van der Waals surface area contributed by atoms with Gasteiger partial charge in [0, 0.05) is 66.2 Å². The van der Waals surface area contributed by atoms with Gasteiger partial charge in [-0.3, -0.25) is 9.69 Å².